The molecule has 0 atom stereocenters. The molecule has 0 nitrogen and oxygen atoms in total. The van der Waals surface area contributed by atoms with Gasteiger partial charge in [-0.1, -0.05) is 20.3 Å². The van der Waals surface area contributed by atoms with E-state index in [9.17, 15) is 0 Å². The van der Waals surface area contributed by atoms with Crippen LogP contribution < -0.4 is 0 Å². The van der Waals surface area contributed by atoms with Crippen LogP contribution in [0.2, 0.25) is 0 Å². The number of hydrogen-bond donors (Lipinski definition) is 0. The fourth-order valence-electron chi connectivity index (χ4n) is 1.19. The maximum atomic E-state index is 4.09. The zero-order valence-electron chi connectivity index (χ0n) is 5.91. The molecule has 0 heterocycles. The van der Waals surface area contributed by atoms with Crippen molar-refractivity contribution in [1.29, 1.82) is 0 Å². The van der Waals surface area contributed by atoms with Gasteiger partial charge in [-0.25, -0.2) is 0 Å². The lowest BCUT2D eigenvalue weighted by atomic mass is 9.69. The maximum Gasteiger partial charge on any atom is -0.0326 e. The zero-order chi connectivity index (χ0) is 6.20. The second-order valence-electron chi connectivity index (χ2n) is 3.62. The van der Waals surface area contributed by atoms with Crippen molar-refractivity contribution < 1.29 is 0 Å². The van der Waals surface area contributed by atoms with E-state index in [1.807, 2.05) is 0 Å². The van der Waals surface area contributed by atoms with E-state index in [-0.39, 0.29) is 0 Å². The molecule has 0 aromatic heterocycles. The van der Waals surface area contributed by atoms with E-state index in [0.29, 0.717) is 5.41 Å². The van der Waals surface area contributed by atoms with Crippen LogP contribution in [-0.4, -0.2) is 0 Å². The van der Waals surface area contributed by atoms with E-state index in [0.717, 1.165) is 5.92 Å². The van der Waals surface area contributed by atoms with E-state index in [1.165, 1.54) is 19.3 Å². The largest absolute Gasteiger partial charge is 0.0596 e. The van der Waals surface area contributed by atoms with Crippen molar-refractivity contribution in [3.8, 4) is 0 Å². The summed E-state index contributed by atoms with van der Waals surface area (Å²) in [5.74, 6) is 0.919. The lowest BCUT2D eigenvalue weighted by molar-refractivity contribution is 0.166. The third kappa shape index (κ3) is 1.04. The van der Waals surface area contributed by atoms with Gasteiger partial charge in [-0.15, -0.1) is 0 Å². The molecule has 0 aromatic rings. The highest BCUT2D eigenvalue weighted by atomic mass is 14.3. The van der Waals surface area contributed by atoms with Gasteiger partial charge in [0, 0.05) is 0 Å². The van der Waals surface area contributed by atoms with E-state index < -0.39 is 0 Å². The van der Waals surface area contributed by atoms with Gasteiger partial charge < -0.3 is 0 Å². The minimum atomic E-state index is 0.345. The Balaban J connectivity index is 2.34. The molecule has 0 saturated heterocycles. The fourth-order valence-corrected chi connectivity index (χ4v) is 1.19. The second-order valence-corrected chi connectivity index (χ2v) is 3.62. The average Bonchev–Trinajstić information content (AvgIpc) is 1.16. The molecule has 1 rings (SSSR count). The molecule has 8 heavy (non-hydrogen) atoms. The summed E-state index contributed by atoms with van der Waals surface area (Å²) in [6, 6.07) is 0. The molecule has 47 valence electrons. The summed E-state index contributed by atoms with van der Waals surface area (Å²) in [6.07, 6.45) is 4.26. The van der Waals surface area contributed by atoms with Crippen LogP contribution in [0.25, 0.3) is 0 Å². The van der Waals surface area contributed by atoms with Crippen molar-refractivity contribution in [3.05, 3.63) is 6.92 Å². The second kappa shape index (κ2) is 1.75. The van der Waals surface area contributed by atoms with Gasteiger partial charge >= 0.3 is 0 Å². The quantitative estimate of drug-likeness (QED) is 0.488. The van der Waals surface area contributed by atoms with Crippen LogP contribution in [-0.2, 0) is 0 Å². The van der Waals surface area contributed by atoms with Crippen molar-refractivity contribution in [2.45, 2.75) is 33.1 Å². The Bertz CT molecular complexity index is 72.5. The molecule has 1 aliphatic carbocycles. The average molecular weight is 111 g/mol. The van der Waals surface area contributed by atoms with Crippen LogP contribution in [0.3, 0.4) is 0 Å². The van der Waals surface area contributed by atoms with Gasteiger partial charge in [0.25, 0.3) is 0 Å². The first kappa shape index (κ1) is 6.12. The van der Waals surface area contributed by atoms with Gasteiger partial charge in [0.15, 0.2) is 0 Å². The molecule has 0 aliphatic heterocycles. The zero-order valence-corrected chi connectivity index (χ0v) is 5.91. The number of hydrogen-bond acceptors (Lipinski definition) is 0. The van der Waals surface area contributed by atoms with Gasteiger partial charge in [-0.2, -0.15) is 0 Å². The Hall–Kier alpha value is 0. The van der Waals surface area contributed by atoms with Crippen LogP contribution in [0.5, 0.6) is 0 Å². The van der Waals surface area contributed by atoms with Crippen LogP contribution >= 0.6 is 0 Å². The molecule has 1 radical (unpaired) electrons. The lowest BCUT2D eigenvalue weighted by Crippen LogP contribution is -2.26. The van der Waals surface area contributed by atoms with E-state index in [4.69, 9.17) is 0 Å². The first-order valence-corrected chi connectivity index (χ1v) is 3.46. The summed E-state index contributed by atoms with van der Waals surface area (Å²) in [6.45, 7) is 8.56. The van der Waals surface area contributed by atoms with E-state index >= 15 is 0 Å². The third-order valence-corrected chi connectivity index (χ3v) is 2.21. The Kier molecular flexibility index (Phi) is 1.34. The summed E-state index contributed by atoms with van der Waals surface area (Å²) < 4.78 is 0. The molecule has 0 N–H and O–H groups in total. The van der Waals surface area contributed by atoms with Crippen LogP contribution in [0, 0.1) is 18.3 Å². The lowest BCUT2D eigenvalue weighted by Gasteiger charge is -2.37. The van der Waals surface area contributed by atoms with E-state index in [1.54, 1.807) is 0 Å². The molecule has 0 heteroatoms. The third-order valence-electron chi connectivity index (χ3n) is 2.21. The summed E-state index contributed by atoms with van der Waals surface area (Å²) in [5.41, 5.74) is 0.345. The first-order valence-electron chi connectivity index (χ1n) is 3.46. The van der Waals surface area contributed by atoms with Crippen LogP contribution in [0.4, 0.5) is 0 Å². The molecular weight excluding hydrogens is 96.1 g/mol. The Morgan fingerprint density at radius 1 is 1.38 bits per heavy atom. The smallest absolute Gasteiger partial charge is 0.0326 e. The monoisotopic (exact) mass is 111 g/mol. The Labute approximate surface area is 52.3 Å². The Morgan fingerprint density at radius 2 is 1.88 bits per heavy atom. The number of rotatable bonds is 1. The first-order chi connectivity index (χ1) is 3.61. The minimum Gasteiger partial charge on any atom is -0.0596 e. The molecular formula is C8H15. The highest BCUT2D eigenvalue weighted by Gasteiger charge is 2.29. The van der Waals surface area contributed by atoms with Gasteiger partial charge in [0.05, 0.1) is 0 Å². The molecule has 0 spiro atoms. The maximum absolute atomic E-state index is 4.09. The van der Waals surface area contributed by atoms with Gasteiger partial charge in [0.2, 0.25) is 0 Å². The molecule has 0 amide bonds. The summed E-state index contributed by atoms with van der Waals surface area (Å²) in [7, 11) is 0. The normalized spacial score (nSPS) is 22.9. The molecule has 0 unspecified atom stereocenters. The van der Waals surface area contributed by atoms with Crippen molar-refractivity contribution in [2.24, 2.45) is 11.3 Å². The van der Waals surface area contributed by atoms with Gasteiger partial charge in [-0.3, -0.25) is 0 Å². The SMILES string of the molecule is [CH2]C(C)(C)C1CCC1. The predicted octanol–water partition coefficient (Wildman–Crippen LogP) is 2.65. The van der Waals surface area contributed by atoms with Crippen molar-refractivity contribution in [1.82, 2.24) is 0 Å². The molecule has 1 aliphatic rings. The summed E-state index contributed by atoms with van der Waals surface area (Å²) in [5, 5.41) is 0. The van der Waals surface area contributed by atoms with Crippen LogP contribution in [0.15, 0.2) is 0 Å². The highest BCUT2D eigenvalue weighted by molar-refractivity contribution is 4.85. The Morgan fingerprint density at radius 3 is 1.88 bits per heavy atom. The molecule has 0 aromatic carbocycles. The molecule has 1 saturated carbocycles. The summed E-state index contributed by atoms with van der Waals surface area (Å²) >= 11 is 0. The fraction of sp³-hybridized carbons (Fsp3) is 0.875. The topological polar surface area (TPSA) is 0 Å². The van der Waals surface area contributed by atoms with Crippen LogP contribution in [0.1, 0.15) is 33.1 Å². The molecule has 1 fully saturated rings. The highest BCUT2D eigenvalue weighted by Crippen LogP contribution is 2.40. The molecule has 0 bridgehead atoms. The van der Waals surface area contributed by atoms with Gasteiger partial charge in [-0.05, 0) is 31.1 Å². The standard InChI is InChI=1S/C8H15/c1-8(2,3)7-5-4-6-7/h7H,1,4-6H2,2-3H3. The van der Waals surface area contributed by atoms with E-state index in [2.05, 4.69) is 20.8 Å². The van der Waals surface area contributed by atoms with Gasteiger partial charge in [0.1, 0.15) is 0 Å². The van der Waals surface area contributed by atoms with Crippen molar-refractivity contribution in [2.75, 3.05) is 0 Å². The minimum absolute atomic E-state index is 0.345. The predicted molar refractivity (Wildman–Crippen MR) is 36.5 cm³/mol. The summed E-state index contributed by atoms with van der Waals surface area (Å²) in [4.78, 5) is 0. The van der Waals surface area contributed by atoms with Crippen molar-refractivity contribution in [3.63, 3.8) is 0 Å². The van der Waals surface area contributed by atoms with Crippen molar-refractivity contribution >= 4 is 0 Å².